The third-order valence-corrected chi connectivity index (χ3v) is 7.71. The second kappa shape index (κ2) is 10.4. The van der Waals surface area contributed by atoms with Crippen molar-refractivity contribution in [2.45, 2.75) is 10.8 Å². The Morgan fingerprint density at radius 3 is 2.58 bits per heavy atom. The molecule has 3 aromatic rings. The van der Waals surface area contributed by atoms with Crippen molar-refractivity contribution < 1.29 is 9.66 Å². The first kappa shape index (κ1) is 22.6. The molecular weight excluding hydrogens is 479 g/mol. The van der Waals surface area contributed by atoms with Crippen molar-refractivity contribution in [1.82, 2.24) is 19.9 Å². The largest absolute Gasteiger partial charge is 0.616 e. The molecule has 2 aromatic heterocycles. The third kappa shape index (κ3) is 5.27. The summed E-state index contributed by atoms with van der Waals surface area (Å²) in [5.74, 6) is 2.75. The second-order valence-electron chi connectivity index (χ2n) is 6.72. The molecule has 0 radical (unpaired) electrons. The number of aliphatic hydroxyl groups excluding tert-OH is 1. The summed E-state index contributed by atoms with van der Waals surface area (Å²) in [5.41, 5.74) is 2.06. The summed E-state index contributed by atoms with van der Waals surface area (Å²) < 4.78 is 11.8. The van der Waals surface area contributed by atoms with Crippen molar-refractivity contribution in [2.24, 2.45) is 0 Å². The molecule has 1 aliphatic rings. The molecule has 0 atom stereocenters. The molecule has 1 aliphatic heterocycles. The molecule has 0 amide bonds. The lowest BCUT2D eigenvalue weighted by Crippen LogP contribution is -2.41. The molecule has 0 bridgehead atoms. The Bertz CT molecular complexity index is 1050. The lowest BCUT2D eigenvalue weighted by atomic mass is 10.2. The molecule has 3 heterocycles. The van der Waals surface area contributed by atoms with Crippen LogP contribution in [0.25, 0.3) is 11.0 Å². The van der Waals surface area contributed by atoms with Crippen LogP contribution in [0.2, 0.25) is 10.0 Å². The molecule has 0 saturated carbocycles. The second-order valence-corrected chi connectivity index (χ2v) is 10.2. The van der Waals surface area contributed by atoms with E-state index in [4.69, 9.17) is 23.2 Å². The van der Waals surface area contributed by atoms with E-state index < -0.39 is 11.2 Å². The summed E-state index contributed by atoms with van der Waals surface area (Å²) in [6.07, 6.45) is 1.49. The minimum atomic E-state index is -0.807. The van der Waals surface area contributed by atoms with Gasteiger partial charge in [0, 0.05) is 22.3 Å². The van der Waals surface area contributed by atoms with Crippen molar-refractivity contribution in [2.75, 3.05) is 48.0 Å². The maximum Gasteiger partial charge on any atom is 0.225 e. The van der Waals surface area contributed by atoms with Crippen LogP contribution in [0.1, 0.15) is 5.56 Å². The normalized spacial score (nSPS) is 14.9. The van der Waals surface area contributed by atoms with Crippen LogP contribution in [0.4, 0.5) is 11.8 Å². The lowest BCUT2D eigenvalue weighted by Gasteiger charge is -2.29. The summed E-state index contributed by atoms with van der Waals surface area (Å²) in [7, 11) is 0. The fraction of sp³-hybridized carbons (Fsp3) is 0.368. The number of aromatic nitrogens is 4. The minimum Gasteiger partial charge on any atom is -0.616 e. The van der Waals surface area contributed by atoms with E-state index in [1.165, 1.54) is 18.1 Å². The Kier molecular flexibility index (Phi) is 7.57. The molecule has 8 nitrogen and oxygen atoms in total. The summed E-state index contributed by atoms with van der Waals surface area (Å²) in [5, 5.41) is 14.1. The van der Waals surface area contributed by atoms with E-state index in [1.807, 2.05) is 6.07 Å². The van der Waals surface area contributed by atoms with Gasteiger partial charge >= 0.3 is 0 Å². The summed E-state index contributed by atoms with van der Waals surface area (Å²) in [6.45, 7) is 1.53. The zero-order valence-corrected chi connectivity index (χ0v) is 19.6. The van der Waals surface area contributed by atoms with Gasteiger partial charge in [-0.2, -0.15) is 4.98 Å². The van der Waals surface area contributed by atoms with Crippen LogP contribution in [0.15, 0.2) is 29.6 Å². The highest BCUT2D eigenvalue weighted by molar-refractivity contribution is 7.98. The Balaban J connectivity index is 1.71. The lowest BCUT2D eigenvalue weighted by molar-refractivity contribution is 0.311. The predicted molar refractivity (Wildman–Crippen MR) is 127 cm³/mol. The average Bonchev–Trinajstić information content (AvgIpc) is 2.77. The molecule has 1 fully saturated rings. The number of fused-ring (bicyclic) bond motifs is 1. The van der Waals surface area contributed by atoms with Crippen LogP contribution in [0.5, 0.6) is 0 Å². The van der Waals surface area contributed by atoms with Crippen molar-refractivity contribution in [3.8, 4) is 0 Å². The van der Waals surface area contributed by atoms with Gasteiger partial charge in [0.2, 0.25) is 5.95 Å². The summed E-state index contributed by atoms with van der Waals surface area (Å²) in [4.78, 5) is 20.2. The highest BCUT2D eigenvalue weighted by atomic mass is 35.5. The Labute approximate surface area is 197 Å². The van der Waals surface area contributed by atoms with Gasteiger partial charge in [-0.05, 0) is 17.7 Å². The third-order valence-electron chi connectivity index (χ3n) is 4.72. The van der Waals surface area contributed by atoms with Crippen LogP contribution in [-0.2, 0) is 16.9 Å². The number of aliphatic hydroxyl groups is 1. The van der Waals surface area contributed by atoms with Crippen LogP contribution in [-0.4, -0.2) is 67.3 Å². The number of hydrogen-bond acceptors (Lipinski definition) is 9. The van der Waals surface area contributed by atoms with Gasteiger partial charge in [-0.15, -0.1) is 0 Å². The Morgan fingerprint density at radius 1 is 1.13 bits per heavy atom. The molecule has 12 heteroatoms. The number of hydrogen-bond donors (Lipinski definition) is 2. The zero-order valence-electron chi connectivity index (χ0n) is 16.4. The van der Waals surface area contributed by atoms with Crippen LogP contribution < -0.4 is 10.2 Å². The van der Waals surface area contributed by atoms with E-state index in [0.717, 1.165) is 5.56 Å². The molecule has 2 N–H and O–H groups in total. The molecule has 0 spiro atoms. The number of halogens is 2. The van der Waals surface area contributed by atoms with E-state index in [1.54, 1.807) is 12.1 Å². The highest BCUT2D eigenvalue weighted by Crippen LogP contribution is 2.35. The number of anilines is 2. The van der Waals surface area contributed by atoms with Crippen molar-refractivity contribution in [3.63, 3.8) is 0 Å². The molecule has 1 saturated heterocycles. The van der Waals surface area contributed by atoms with Gasteiger partial charge in [0.15, 0.2) is 5.82 Å². The molecule has 1 aromatic carbocycles. The number of nitrogens with one attached hydrogen (secondary N) is 1. The summed E-state index contributed by atoms with van der Waals surface area (Å²) in [6, 6.07) is 5.42. The molecular formula is C19H20Cl2N6O2S2. The van der Waals surface area contributed by atoms with Gasteiger partial charge in [0.25, 0.3) is 0 Å². The predicted octanol–water partition coefficient (Wildman–Crippen LogP) is 2.99. The van der Waals surface area contributed by atoms with Gasteiger partial charge in [0.1, 0.15) is 33.9 Å². The van der Waals surface area contributed by atoms with E-state index in [9.17, 15) is 9.66 Å². The van der Waals surface area contributed by atoms with Crippen LogP contribution in [0.3, 0.4) is 0 Å². The smallest absolute Gasteiger partial charge is 0.225 e. The number of benzene rings is 1. The van der Waals surface area contributed by atoms with Gasteiger partial charge in [-0.25, -0.2) is 15.0 Å². The maximum absolute atomic E-state index is 11.8. The molecule has 0 aliphatic carbocycles. The van der Waals surface area contributed by atoms with Gasteiger partial charge < -0.3 is 19.9 Å². The van der Waals surface area contributed by atoms with Gasteiger partial charge in [-0.3, -0.25) is 0 Å². The van der Waals surface area contributed by atoms with Crippen molar-refractivity contribution in [1.29, 1.82) is 0 Å². The average molecular weight is 499 g/mol. The SMILES string of the molecule is [O-][S+]1CCN(c2nc(NCCO)nc3c(SCc4c(Cl)cccc4Cl)ncnc23)CC1. The van der Waals surface area contributed by atoms with Crippen molar-refractivity contribution in [3.05, 3.63) is 40.1 Å². The zero-order chi connectivity index (χ0) is 21.8. The quantitative estimate of drug-likeness (QED) is 0.288. The van der Waals surface area contributed by atoms with Gasteiger partial charge in [0.05, 0.1) is 19.7 Å². The Morgan fingerprint density at radius 2 is 1.87 bits per heavy atom. The molecule has 4 rings (SSSR count). The fourth-order valence-corrected chi connectivity index (χ4v) is 5.88. The molecule has 164 valence electrons. The minimum absolute atomic E-state index is 0.0443. The fourth-order valence-electron chi connectivity index (χ4n) is 3.14. The van der Waals surface area contributed by atoms with E-state index in [0.29, 0.717) is 74.8 Å². The number of nitrogens with zero attached hydrogens (tertiary/aromatic N) is 5. The summed E-state index contributed by atoms with van der Waals surface area (Å²) >= 11 is 13.3. The standard InChI is InChI=1S/C19H20Cl2N6O2S2/c20-13-2-1-3-14(21)12(13)10-30-18-16-15(23-11-24-18)17(26-19(25-16)22-4-7-28)27-5-8-31(29)9-6-27/h1-3,11,28H,4-10H2,(H,22,25,26). The van der Waals surface area contributed by atoms with Crippen molar-refractivity contribution >= 4 is 68.9 Å². The van der Waals surface area contributed by atoms with E-state index in [2.05, 4.69) is 30.2 Å². The van der Waals surface area contributed by atoms with E-state index in [-0.39, 0.29) is 6.61 Å². The first-order chi connectivity index (χ1) is 15.1. The van der Waals surface area contributed by atoms with E-state index >= 15 is 0 Å². The van der Waals surface area contributed by atoms with Crippen LogP contribution in [0, 0.1) is 0 Å². The first-order valence-electron chi connectivity index (χ1n) is 9.60. The maximum atomic E-state index is 11.8. The Hall–Kier alpha value is -1.56. The monoisotopic (exact) mass is 498 g/mol. The topological polar surface area (TPSA) is 110 Å². The van der Waals surface area contributed by atoms with Gasteiger partial charge in [-0.1, -0.05) is 52.2 Å². The molecule has 0 unspecified atom stereocenters. The number of rotatable bonds is 7. The molecule has 31 heavy (non-hydrogen) atoms. The number of thioether (sulfide) groups is 1. The highest BCUT2D eigenvalue weighted by Gasteiger charge is 2.25. The first-order valence-corrected chi connectivity index (χ1v) is 12.8. The van der Waals surface area contributed by atoms with Crippen LogP contribution >= 0.6 is 35.0 Å².